The molecule has 2 heterocycles. The Labute approximate surface area is 146 Å². The monoisotopic (exact) mass is 351 g/mol. The maximum absolute atomic E-state index is 12.3. The summed E-state index contributed by atoms with van der Waals surface area (Å²) in [4.78, 5) is 45.0. The van der Waals surface area contributed by atoms with E-state index in [0.717, 1.165) is 0 Å². The van der Waals surface area contributed by atoms with Gasteiger partial charge < -0.3 is 4.98 Å². The molecule has 1 N–H and O–H groups in total. The summed E-state index contributed by atoms with van der Waals surface area (Å²) >= 11 is 1.31. The van der Waals surface area contributed by atoms with Crippen LogP contribution in [0.5, 0.6) is 0 Å². The molecule has 0 radical (unpaired) electrons. The van der Waals surface area contributed by atoms with Crippen molar-refractivity contribution in [2.45, 2.75) is 5.16 Å². The Morgan fingerprint density at radius 3 is 2.28 bits per heavy atom. The van der Waals surface area contributed by atoms with E-state index in [1.807, 2.05) is 6.07 Å². The highest BCUT2D eigenvalue weighted by atomic mass is 32.2. The molecular formula is C18H13N3O3S. The second-order valence-corrected chi connectivity index (χ2v) is 6.63. The zero-order chi connectivity index (χ0) is 17.4. The standard InChI is InChI=1S/C18H13N3O3S/c22-15-13-7-3-4-8-14(13)19-18(20-15)25-10-9-21-16(23)11-5-1-2-6-12(11)17(21)24/h1-8H,9-10H2,(H,19,20,22). The first-order chi connectivity index (χ1) is 12.1. The van der Waals surface area contributed by atoms with Gasteiger partial charge in [0.2, 0.25) is 0 Å². The van der Waals surface area contributed by atoms with E-state index >= 15 is 0 Å². The number of nitrogens with zero attached hydrogens (tertiary/aromatic N) is 2. The molecule has 6 nitrogen and oxygen atoms in total. The van der Waals surface area contributed by atoms with Gasteiger partial charge in [-0.2, -0.15) is 0 Å². The van der Waals surface area contributed by atoms with Gasteiger partial charge in [-0.15, -0.1) is 0 Å². The lowest BCUT2D eigenvalue weighted by Crippen LogP contribution is -2.31. The van der Waals surface area contributed by atoms with E-state index in [2.05, 4.69) is 9.97 Å². The highest BCUT2D eigenvalue weighted by Gasteiger charge is 2.34. The SMILES string of the molecule is O=C1c2ccccc2C(=O)N1CCSc1nc2ccccc2c(=O)[nH]1. The molecule has 25 heavy (non-hydrogen) atoms. The van der Waals surface area contributed by atoms with Crippen LogP contribution in [0.15, 0.2) is 58.5 Å². The number of para-hydroxylation sites is 1. The van der Waals surface area contributed by atoms with E-state index < -0.39 is 0 Å². The summed E-state index contributed by atoms with van der Waals surface area (Å²) in [5, 5.41) is 1.01. The van der Waals surface area contributed by atoms with Gasteiger partial charge in [0.15, 0.2) is 5.16 Å². The fourth-order valence-corrected chi connectivity index (χ4v) is 3.60. The Morgan fingerprint density at radius 1 is 0.920 bits per heavy atom. The fourth-order valence-electron chi connectivity index (χ4n) is 2.81. The van der Waals surface area contributed by atoms with Crippen molar-refractivity contribution in [2.24, 2.45) is 0 Å². The third kappa shape index (κ3) is 2.72. The van der Waals surface area contributed by atoms with Crippen molar-refractivity contribution in [3.8, 4) is 0 Å². The van der Waals surface area contributed by atoms with Crippen LogP contribution in [0.4, 0.5) is 0 Å². The highest BCUT2D eigenvalue weighted by Crippen LogP contribution is 2.23. The molecule has 0 bridgehead atoms. The van der Waals surface area contributed by atoms with Crippen LogP contribution in [0.1, 0.15) is 20.7 Å². The Morgan fingerprint density at radius 2 is 1.56 bits per heavy atom. The van der Waals surface area contributed by atoms with E-state index in [4.69, 9.17) is 0 Å². The average Bonchev–Trinajstić information content (AvgIpc) is 2.87. The number of hydrogen-bond donors (Lipinski definition) is 1. The van der Waals surface area contributed by atoms with E-state index in [9.17, 15) is 14.4 Å². The van der Waals surface area contributed by atoms with Crippen LogP contribution in [-0.2, 0) is 0 Å². The molecule has 124 valence electrons. The Bertz CT molecular complexity index is 1030. The largest absolute Gasteiger partial charge is 0.301 e. The number of fused-ring (bicyclic) bond motifs is 2. The topological polar surface area (TPSA) is 83.1 Å². The Balaban J connectivity index is 1.48. The summed E-state index contributed by atoms with van der Waals surface area (Å²) in [5.41, 5.74) is 1.30. The second kappa shape index (κ2) is 6.18. The zero-order valence-electron chi connectivity index (χ0n) is 13.1. The number of rotatable bonds is 4. The fraction of sp³-hybridized carbons (Fsp3) is 0.111. The molecule has 2 aromatic carbocycles. The predicted molar refractivity (Wildman–Crippen MR) is 94.9 cm³/mol. The molecule has 4 rings (SSSR count). The number of carbonyl (C=O) groups excluding carboxylic acids is 2. The number of carbonyl (C=O) groups is 2. The lowest BCUT2D eigenvalue weighted by atomic mass is 10.1. The minimum atomic E-state index is -0.277. The quantitative estimate of drug-likeness (QED) is 0.443. The molecule has 7 heteroatoms. The van der Waals surface area contributed by atoms with Gasteiger partial charge >= 0.3 is 0 Å². The number of aromatic nitrogens is 2. The van der Waals surface area contributed by atoms with Crippen molar-refractivity contribution >= 4 is 34.5 Å². The van der Waals surface area contributed by atoms with E-state index in [1.54, 1.807) is 42.5 Å². The predicted octanol–water partition coefficient (Wildman–Crippen LogP) is 2.31. The molecule has 0 saturated heterocycles. The summed E-state index contributed by atoms with van der Waals surface area (Å²) < 4.78 is 0. The molecule has 0 spiro atoms. The summed E-state index contributed by atoms with van der Waals surface area (Å²) in [5.74, 6) is -0.102. The van der Waals surface area contributed by atoms with Crippen molar-refractivity contribution in [3.63, 3.8) is 0 Å². The lowest BCUT2D eigenvalue weighted by Gasteiger charge is -2.13. The van der Waals surface area contributed by atoms with Crippen LogP contribution in [-0.4, -0.2) is 39.0 Å². The van der Waals surface area contributed by atoms with Crippen LogP contribution in [0.25, 0.3) is 10.9 Å². The normalized spacial score (nSPS) is 13.5. The molecule has 1 aliphatic heterocycles. The van der Waals surface area contributed by atoms with Gasteiger partial charge in [-0.05, 0) is 24.3 Å². The number of nitrogens with one attached hydrogen (secondary N) is 1. The van der Waals surface area contributed by atoms with Crippen LogP contribution in [0.3, 0.4) is 0 Å². The van der Waals surface area contributed by atoms with Gasteiger partial charge in [0, 0.05) is 12.3 Å². The van der Waals surface area contributed by atoms with Crippen molar-refractivity contribution in [1.82, 2.24) is 14.9 Å². The highest BCUT2D eigenvalue weighted by molar-refractivity contribution is 7.99. The third-order valence-electron chi connectivity index (χ3n) is 4.02. The summed E-state index contributed by atoms with van der Waals surface area (Å²) in [7, 11) is 0. The van der Waals surface area contributed by atoms with Crippen LogP contribution in [0.2, 0.25) is 0 Å². The molecule has 0 atom stereocenters. The maximum atomic E-state index is 12.3. The minimum absolute atomic E-state index is 0.200. The summed E-state index contributed by atoms with van der Waals surface area (Å²) in [6, 6.07) is 13.9. The lowest BCUT2D eigenvalue weighted by molar-refractivity contribution is 0.0664. The van der Waals surface area contributed by atoms with Crippen molar-refractivity contribution < 1.29 is 9.59 Å². The van der Waals surface area contributed by atoms with Gasteiger partial charge in [-0.25, -0.2) is 4.98 Å². The maximum Gasteiger partial charge on any atom is 0.261 e. The van der Waals surface area contributed by atoms with Gasteiger partial charge in [0.25, 0.3) is 17.4 Å². The molecule has 0 unspecified atom stereocenters. The first kappa shape index (κ1) is 15.6. The zero-order valence-corrected chi connectivity index (χ0v) is 13.9. The number of hydrogen-bond acceptors (Lipinski definition) is 5. The molecule has 0 fully saturated rings. The minimum Gasteiger partial charge on any atom is -0.301 e. The number of benzene rings is 2. The number of aromatic amines is 1. The number of imide groups is 1. The first-order valence-electron chi connectivity index (χ1n) is 7.72. The Kier molecular flexibility index (Phi) is 3.85. The first-order valence-corrected chi connectivity index (χ1v) is 8.71. The van der Waals surface area contributed by atoms with Gasteiger partial charge in [-0.1, -0.05) is 36.0 Å². The van der Waals surface area contributed by atoms with Gasteiger partial charge in [0.1, 0.15) is 0 Å². The third-order valence-corrected chi connectivity index (χ3v) is 4.88. The number of H-pyrrole nitrogens is 1. The second-order valence-electron chi connectivity index (χ2n) is 5.54. The Hall–Kier alpha value is -2.93. The van der Waals surface area contributed by atoms with Crippen LogP contribution >= 0.6 is 11.8 Å². The molecule has 2 amide bonds. The van der Waals surface area contributed by atoms with Crippen LogP contribution in [0, 0.1) is 0 Å². The van der Waals surface area contributed by atoms with Gasteiger partial charge in [0.05, 0.1) is 22.0 Å². The molecule has 0 aliphatic carbocycles. The molecule has 0 saturated carbocycles. The number of amides is 2. The smallest absolute Gasteiger partial charge is 0.261 e. The van der Waals surface area contributed by atoms with Gasteiger partial charge in [-0.3, -0.25) is 19.3 Å². The summed E-state index contributed by atoms with van der Waals surface area (Å²) in [6.45, 7) is 0.257. The molecule has 1 aliphatic rings. The molecule has 1 aromatic heterocycles. The van der Waals surface area contributed by atoms with E-state index in [1.165, 1.54) is 16.7 Å². The van der Waals surface area contributed by atoms with Crippen molar-refractivity contribution in [3.05, 3.63) is 70.0 Å². The van der Waals surface area contributed by atoms with Crippen molar-refractivity contribution in [2.75, 3.05) is 12.3 Å². The number of thioether (sulfide) groups is 1. The van der Waals surface area contributed by atoms with Crippen molar-refractivity contribution in [1.29, 1.82) is 0 Å². The molecule has 3 aromatic rings. The van der Waals surface area contributed by atoms with E-state index in [-0.39, 0.29) is 23.9 Å². The average molecular weight is 351 g/mol. The van der Waals surface area contributed by atoms with Crippen LogP contribution < -0.4 is 5.56 Å². The van der Waals surface area contributed by atoms with E-state index in [0.29, 0.717) is 32.9 Å². The summed E-state index contributed by atoms with van der Waals surface area (Å²) in [6.07, 6.45) is 0. The molecular weight excluding hydrogens is 338 g/mol.